The van der Waals surface area contributed by atoms with Crippen LogP contribution in [-0.4, -0.2) is 14.6 Å². The first-order chi connectivity index (χ1) is 12.9. The molecule has 0 aliphatic carbocycles. The van der Waals surface area contributed by atoms with Gasteiger partial charge in [0.15, 0.2) is 5.65 Å². The number of benzene rings is 2. The molecule has 2 aromatic heterocycles. The standard InChI is InChI=1S/C20H15F3N4/c1-13-8-10-16(11-9-13)24-19-25-18-7-3-6-17(27(18)26-19)14-4-2-5-15(12-14)20(21,22)23/h2-12H,1H3,(H,24,26). The van der Waals surface area contributed by atoms with E-state index in [-0.39, 0.29) is 0 Å². The van der Waals surface area contributed by atoms with Crippen molar-refractivity contribution in [1.29, 1.82) is 0 Å². The Morgan fingerprint density at radius 2 is 1.67 bits per heavy atom. The maximum Gasteiger partial charge on any atom is 0.416 e. The van der Waals surface area contributed by atoms with Crippen molar-refractivity contribution in [3.05, 3.63) is 77.9 Å². The van der Waals surface area contributed by atoms with E-state index in [0.29, 0.717) is 22.9 Å². The molecule has 2 aromatic carbocycles. The molecule has 136 valence electrons. The number of rotatable bonds is 3. The average Bonchev–Trinajstić information content (AvgIpc) is 3.05. The van der Waals surface area contributed by atoms with E-state index in [1.54, 1.807) is 24.3 Å². The third-order valence-electron chi connectivity index (χ3n) is 4.15. The smallest absolute Gasteiger partial charge is 0.323 e. The van der Waals surface area contributed by atoms with E-state index < -0.39 is 11.7 Å². The molecule has 1 N–H and O–H groups in total. The van der Waals surface area contributed by atoms with E-state index in [0.717, 1.165) is 23.4 Å². The molecule has 0 saturated carbocycles. The van der Waals surface area contributed by atoms with Gasteiger partial charge in [-0.05, 0) is 43.3 Å². The van der Waals surface area contributed by atoms with E-state index in [2.05, 4.69) is 15.4 Å². The molecule has 7 heteroatoms. The summed E-state index contributed by atoms with van der Waals surface area (Å²) in [5.41, 5.74) is 2.76. The molecule has 0 saturated heterocycles. The number of hydrogen-bond acceptors (Lipinski definition) is 3. The van der Waals surface area contributed by atoms with Gasteiger partial charge in [0.2, 0.25) is 5.95 Å². The maximum absolute atomic E-state index is 13.0. The van der Waals surface area contributed by atoms with Gasteiger partial charge in [-0.15, -0.1) is 5.10 Å². The summed E-state index contributed by atoms with van der Waals surface area (Å²) >= 11 is 0. The van der Waals surface area contributed by atoms with Crippen LogP contribution in [0.15, 0.2) is 66.7 Å². The molecule has 4 aromatic rings. The van der Waals surface area contributed by atoms with Crippen molar-refractivity contribution in [2.45, 2.75) is 13.1 Å². The Kier molecular flexibility index (Phi) is 4.07. The minimum atomic E-state index is -4.40. The van der Waals surface area contributed by atoms with Crippen LogP contribution in [0, 0.1) is 6.92 Å². The molecule has 27 heavy (non-hydrogen) atoms. The van der Waals surface area contributed by atoms with Crippen LogP contribution in [-0.2, 0) is 6.18 Å². The molecule has 0 unspecified atom stereocenters. The molecule has 0 fully saturated rings. The first-order valence-corrected chi connectivity index (χ1v) is 8.27. The molecule has 4 nitrogen and oxygen atoms in total. The number of anilines is 2. The van der Waals surface area contributed by atoms with Crippen LogP contribution < -0.4 is 5.32 Å². The molecule has 0 aliphatic heterocycles. The monoisotopic (exact) mass is 368 g/mol. The molecule has 0 aliphatic rings. The van der Waals surface area contributed by atoms with Gasteiger partial charge >= 0.3 is 6.18 Å². The predicted molar refractivity (Wildman–Crippen MR) is 97.9 cm³/mol. The second-order valence-corrected chi connectivity index (χ2v) is 6.19. The van der Waals surface area contributed by atoms with Crippen LogP contribution in [0.5, 0.6) is 0 Å². The molecule has 0 bridgehead atoms. The van der Waals surface area contributed by atoms with Crippen molar-refractivity contribution in [3.63, 3.8) is 0 Å². The van der Waals surface area contributed by atoms with Crippen molar-refractivity contribution in [3.8, 4) is 11.3 Å². The summed E-state index contributed by atoms with van der Waals surface area (Å²) in [7, 11) is 0. The Hall–Kier alpha value is -3.35. The van der Waals surface area contributed by atoms with E-state index in [1.807, 2.05) is 31.2 Å². The lowest BCUT2D eigenvalue weighted by molar-refractivity contribution is -0.137. The first-order valence-electron chi connectivity index (χ1n) is 8.27. The highest BCUT2D eigenvalue weighted by Crippen LogP contribution is 2.32. The second kappa shape index (κ2) is 6.42. The number of aromatic nitrogens is 3. The Morgan fingerprint density at radius 3 is 2.41 bits per heavy atom. The number of pyridine rings is 1. The van der Waals surface area contributed by atoms with Gasteiger partial charge in [0, 0.05) is 11.3 Å². The number of nitrogens with zero attached hydrogens (tertiary/aromatic N) is 3. The van der Waals surface area contributed by atoms with Crippen LogP contribution in [0.1, 0.15) is 11.1 Å². The van der Waals surface area contributed by atoms with E-state index >= 15 is 0 Å². The maximum atomic E-state index is 13.0. The zero-order chi connectivity index (χ0) is 19.0. The third-order valence-corrected chi connectivity index (χ3v) is 4.15. The van der Waals surface area contributed by atoms with Crippen molar-refractivity contribution in [2.24, 2.45) is 0 Å². The summed E-state index contributed by atoms with van der Waals surface area (Å²) in [5, 5.41) is 7.52. The highest BCUT2D eigenvalue weighted by atomic mass is 19.4. The van der Waals surface area contributed by atoms with Crippen molar-refractivity contribution < 1.29 is 13.2 Å². The van der Waals surface area contributed by atoms with Gasteiger partial charge < -0.3 is 5.32 Å². The first kappa shape index (κ1) is 17.1. The van der Waals surface area contributed by atoms with E-state index in [1.165, 1.54) is 10.6 Å². The van der Waals surface area contributed by atoms with Gasteiger partial charge in [-0.2, -0.15) is 18.2 Å². The average molecular weight is 368 g/mol. The van der Waals surface area contributed by atoms with E-state index in [9.17, 15) is 13.2 Å². The third kappa shape index (κ3) is 3.48. The van der Waals surface area contributed by atoms with Crippen LogP contribution >= 0.6 is 0 Å². The normalized spacial score (nSPS) is 11.7. The highest BCUT2D eigenvalue weighted by molar-refractivity contribution is 5.65. The minimum Gasteiger partial charge on any atom is -0.323 e. The summed E-state index contributed by atoms with van der Waals surface area (Å²) in [4.78, 5) is 4.41. The fourth-order valence-corrected chi connectivity index (χ4v) is 2.80. The number of halogens is 3. The van der Waals surface area contributed by atoms with Crippen LogP contribution in [0.2, 0.25) is 0 Å². The van der Waals surface area contributed by atoms with Crippen LogP contribution in [0.25, 0.3) is 16.9 Å². The topological polar surface area (TPSA) is 42.2 Å². The Labute approximate surface area is 153 Å². The fourth-order valence-electron chi connectivity index (χ4n) is 2.80. The fraction of sp³-hybridized carbons (Fsp3) is 0.100. The summed E-state index contributed by atoms with van der Waals surface area (Å²) in [6.45, 7) is 1.99. The summed E-state index contributed by atoms with van der Waals surface area (Å²) in [5.74, 6) is 0.373. The molecule has 4 rings (SSSR count). The Balaban J connectivity index is 1.74. The van der Waals surface area contributed by atoms with Gasteiger partial charge in [0.25, 0.3) is 0 Å². The summed E-state index contributed by atoms with van der Waals surface area (Å²) < 4.78 is 40.6. The van der Waals surface area contributed by atoms with Gasteiger partial charge in [-0.1, -0.05) is 35.9 Å². The van der Waals surface area contributed by atoms with Crippen molar-refractivity contribution in [1.82, 2.24) is 14.6 Å². The van der Waals surface area contributed by atoms with Crippen molar-refractivity contribution in [2.75, 3.05) is 5.32 Å². The lowest BCUT2D eigenvalue weighted by Crippen LogP contribution is -2.05. The molecule has 0 amide bonds. The number of fused-ring (bicyclic) bond motifs is 1. The summed E-state index contributed by atoms with van der Waals surface area (Å²) in [6, 6.07) is 18.1. The van der Waals surface area contributed by atoms with E-state index in [4.69, 9.17) is 0 Å². The van der Waals surface area contributed by atoms with Crippen molar-refractivity contribution >= 4 is 17.3 Å². The Morgan fingerprint density at radius 1 is 0.926 bits per heavy atom. The van der Waals surface area contributed by atoms with Crippen LogP contribution in [0.4, 0.5) is 24.8 Å². The molecule has 2 heterocycles. The van der Waals surface area contributed by atoms with Gasteiger partial charge in [-0.25, -0.2) is 4.52 Å². The quantitative estimate of drug-likeness (QED) is 0.522. The number of nitrogens with one attached hydrogen (secondary N) is 1. The minimum absolute atomic E-state index is 0.373. The molecular formula is C20H15F3N4. The lowest BCUT2D eigenvalue weighted by Gasteiger charge is -2.09. The molecule has 0 radical (unpaired) electrons. The number of aryl methyl sites for hydroxylation is 1. The summed E-state index contributed by atoms with van der Waals surface area (Å²) in [6.07, 6.45) is -4.40. The van der Waals surface area contributed by atoms with Gasteiger partial charge in [0.05, 0.1) is 11.3 Å². The molecular weight excluding hydrogens is 353 g/mol. The highest BCUT2D eigenvalue weighted by Gasteiger charge is 2.30. The lowest BCUT2D eigenvalue weighted by atomic mass is 10.1. The molecule has 0 atom stereocenters. The van der Waals surface area contributed by atoms with Gasteiger partial charge in [-0.3, -0.25) is 0 Å². The predicted octanol–water partition coefficient (Wildman–Crippen LogP) is 5.47. The second-order valence-electron chi connectivity index (χ2n) is 6.19. The Bertz CT molecular complexity index is 1100. The van der Waals surface area contributed by atoms with Crippen LogP contribution in [0.3, 0.4) is 0 Å². The van der Waals surface area contributed by atoms with Gasteiger partial charge in [0.1, 0.15) is 0 Å². The SMILES string of the molecule is Cc1ccc(Nc2nc3cccc(-c4cccc(C(F)(F)F)c4)n3n2)cc1. The largest absolute Gasteiger partial charge is 0.416 e. The molecule has 0 spiro atoms. The zero-order valence-corrected chi connectivity index (χ0v) is 14.3. The number of hydrogen-bond donors (Lipinski definition) is 1. The number of alkyl halides is 3. The zero-order valence-electron chi connectivity index (χ0n) is 14.3.